The van der Waals surface area contributed by atoms with Crippen molar-refractivity contribution in [2.24, 2.45) is 5.92 Å². The van der Waals surface area contributed by atoms with E-state index in [4.69, 9.17) is 0 Å². The topological polar surface area (TPSA) is 12.0 Å². The number of piperidine rings is 2. The fraction of sp³-hybridized carbons (Fsp3) is 1.00. The molecule has 0 aromatic rings. The molecule has 0 aromatic carbocycles. The molecule has 0 aromatic heterocycles. The smallest absolute Gasteiger partial charge is 0.00723 e. The molecular weight excluding hydrogens is 122 g/mol. The minimum Gasteiger partial charge on any atom is -0.314 e. The largest absolute Gasteiger partial charge is 0.314 e. The lowest BCUT2D eigenvalue weighted by Crippen LogP contribution is -2.48. The summed E-state index contributed by atoms with van der Waals surface area (Å²) >= 11 is 0. The van der Waals surface area contributed by atoms with Crippen LogP contribution in [0.1, 0.15) is 19.3 Å². The zero-order chi connectivity index (χ0) is 4.69. The van der Waals surface area contributed by atoms with Crippen molar-refractivity contribution in [1.82, 2.24) is 5.32 Å². The summed E-state index contributed by atoms with van der Waals surface area (Å²) in [5.74, 6) is 1.12. The molecule has 3 rings (SSSR count). The van der Waals surface area contributed by atoms with Gasteiger partial charge < -0.3 is 5.32 Å². The summed E-state index contributed by atoms with van der Waals surface area (Å²) < 4.78 is 0. The van der Waals surface area contributed by atoms with E-state index in [0.717, 1.165) is 12.0 Å². The Morgan fingerprint density at radius 3 is 2.12 bits per heavy atom. The van der Waals surface area contributed by atoms with Gasteiger partial charge in [-0.1, -0.05) is 0 Å². The normalized spacial score (nSPS) is 42.0. The summed E-state index contributed by atoms with van der Waals surface area (Å²) in [5.41, 5.74) is 0. The summed E-state index contributed by atoms with van der Waals surface area (Å²) in [6, 6.07) is 0.929. The molecule has 2 heterocycles. The SMILES string of the molecule is C1CC2CC(C2)N1.Cl. The monoisotopic (exact) mass is 133 g/mol. The molecule has 1 saturated carbocycles. The lowest BCUT2D eigenvalue weighted by molar-refractivity contribution is 0.158. The van der Waals surface area contributed by atoms with Crippen LogP contribution in [0.2, 0.25) is 0 Å². The average Bonchev–Trinajstić information content (AvgIpc) is 1.67. The van der Waals surface area contributed by atoms with Crippen LogP contribution in [0.4, 0.5) is 0 Å². The van der Waals surface area contributed by atoms with Crippen molar-refractivity contribution in [3.63, 3.8) is 0 Å². The Morgan fingerprint density at radius 2 is 2.00 bits per heavy atom. The number of nitrogens with one attached hydrogen (secondary N) is 1. The van der Waals surface area contributed by atoms with Gasteiger partial charge in [0.25, 0.3) is 0 Å². The molecule has 48 valence electrons. The van der Waals surface area contributed by atoms with E-state index in [-0.39, 0.29) is 12.4 Å². The maximum atomic E-state index is 3.45. The Labute approximate surface area is 56.3 Å². The number of fused-ring (bicyclic) bond motifs is 2. The Bertz CT molecular complexity index is 65.1. The molecule has 3 fully saturated rings. The van der Waals surface area contributed by atoms with Crippen molar-refractivity contribution in [1.29, 1.82) is 0 Å². The average molecular weight is 134 g/mol. The molecule has 2 bridgehead atoms. The van der Waals surface area contributed by atoms with Crippen molar-refractivity contribution in [2.45, 2.75) is 25.3 Å². The van der Waals surface area contributed by atoms with Crippen LogP contribution in [0.5, 0.6) is 0 Å². The maximum absolute atomic E-state index is 3.45. The van der Waals surface area contributed by atoms with Gasteiger partial charge in [-0.25, -0.2) is 0 Å². The van der Waals surface area contributed by atoms with Crippen LogP contribution < -0.4 is 5.32 Å². The van der Waals surface area contributed by atoms with E-state index in [1.54, 1.807) is 0 Å². The Balaban J connectivity index is 0.000000320. The Hall–Kier alpha value is 0.250. The van der Waals surface area contributed by atoms with Crippen molar-refractivity contribution in [3.8, 4) is 0 Å². The number of hydrogen-bond donors (Lipinski definition) is 1. The van der Waals surface area contributed by atoms with Gasteiger partial charge in [0.2, 0.25) is 0 Å². The van der Waals surface area contributed by atoms with Crippen molar-refractivity contribution >= 4 is 12.4 Å². The molecule has 2 saturated heterocycles. The van der Waals surface area contributed by atoms with Crippen molar-refractivity contribution < 1.29 is 0 Å². The van der Waals surface area contributed by atoms with E-state index < -0.39 is 0 Å². The zero-order valence-electron chi connectivity index (χ0n) is 4.89. The molecule has 1 aliphatic carbocycles. The van der Waals surface area contributed by atoms with Gasteiger partial charge >= 0.3 is 0 Å². The summed E-state index contributed by atoms with van der Waals surface area (Å²) in [6.45, 7) is 1.29. The molecule has 1 nitrogen and oxygen atoms in total. The fourth-order valence-electron chi connectivity index (χ4n) is 1.63. The highest BCUT2D eigenvalue weighted by Crippen LogP contribution is 2.33. The minimum absolute atomic E-state index is 0. The van der Waals surface area contributed by atoms with E-state index in [9.17, 15) is 0 Å². The summed E-state index contributed by atoms with van der Waals surface area (Å²) in [5, 5.41) is 3.45. The predicted molar refractivity (Wildman–Crippen MR) is 36.4 cm³/mol. The van der Waals surface area contributed by atoms with Crippen molar-refractivity contribution in [2.75, 3.05) is 6.54 Å². The number of hydrogen-bond acceptors (Lipinski definition) is 1. The lowest BCUT2D eigenvalue weighted by atomic mass is 9.75. The van der Waals surface area contributed by atoms with Crippen LogP contribution in [-0.2, 0) is 0 Å². The molecule has 2 aliphatic heterocycles. The van der Waals surface area contributed by atoms with Gasteiger partial charge in [0.15, 0.2) is 0 Å². The van der Waals surface area contributed by atoms with E-state index >= 15 is 0 Å². The first-order valence-corrected chi connectivity index (χ1v) is 3.18. The van der Waals surface area contributed by atoms with E-state index in [1.807, 2.05) is 0 Å². The Morgan fingerprint density at radius 1 is 1.25 bits per heavy atom. The second-order valence-corrected chi connectivity index (χ2v) is 2.78. The van der Waals surface area contributed by atoms with Crippen LogP contribution in [0.25, 0.3) is 0 Å². The van der Waals surface area contributed by atoms with E-state index in [2.05, 4.69) is 5.32 Å². The summed E-state index contributed by atoms with van der Waals surface area (Å²) in [6.07, 6.45) is 4.39. The second kappa shape index (κ2) is 2.24. The third kappa shape index (κ3) is 0.848. The standard InChI is InChI=1S/C6H11N.ClH/c1-2-7-6-3-5(1)4-6;/h5-7H,1-4H2;1H. The van der Waals surface area contributed by atoms with Gasteiger partial charge in [0.1, 0.15) is 0 Å². The molecule has 0 spiro atoms. The lowest BCUT2D eigenvalue weighted by Gasteiger charge is -2.41. The summed E-state index contributed by atoms with van der Waals surface area (Å²) in [4.78, 5) is 0. The number of rotatable bonds is 0. The fourth-order valence-corrected chi connectivity index (χ4v) is 1.63. The summed E-state index contributed by atoms with van der Waals surface area (Å²) in [7, 11) is 0. The van der Waals surface area contributed by atoms with Gasteiger partial charge in [-0.3, -0.25) is 0 Å². The first-order chi connectivity index (χ1) is 3.45. The highest BCUT2D eigenvalue weighted by atomic mass is 35.5. The second-order valence-electron chi connectivity index (χ2n) is 2.78. The number of halogens is 1. The molecule has 0 atom stereocenters. The molecule has 0 radical (unpaired) electrons. The third-order valence-electron chi connectivity index (χ3n) is 2.22. The predicted octanol–water partition coefficient (Wildman–Crippen LogP) is 1.18. The maximum Gasteiger partial charge on any atom is 0.00723 e. The van der Waals surface area contributed by atoms with E-state index in [1.165, 1.54) is 25.8 Å². The van der Waals surface area contributed by atoms with Gasteiger partial charge in [0, 0.05) is 6.04 Å². The molecule has 2 heteroatoms. The van der Waals surface area contributed by atoms with Crippen LogP contribution in [0.15, 0.2) is 0 Å². The molecule has 8 heavy (non-hydrogen) atoms. The molecule has 3 aliphatic rings. The minimum atomic E-state index is 0. The van der Waals surface area contributed by atoms with Crippen LogP contribution in [0, 0.1) is 5.92 Å². The highest BCUT2D eigenvalue weighted by molar-refractivity contribution is 5.85. The molecular formula is C6H12ClN. The molecule has 0 unspecified atom stereocenters. The quantitative estimate of drug-likeness (QED) is 0.524. The van der Waals surface area contributed by atoms with Gasteiger partial charge in [-0.15, -0.1) is 12.4 Å². The van der Waals surface area contributed by atoms with Gasteiger partial charge in [-0.2, -0.15) is 0 Å². The Kier molecular flexibility index (Phi) is 1.78. The highest BCUT2D eigenvalue weighted by Gasteiger charge is 2.31. The zero-order valence-corrected chi connectivity index (χ0v) is 5.71. The molecule has 0 amide bonds. The van der Waals surface area contributed by atoms with Crippen molar-refractivity contribution in [3.05, 3.63) is 0 Å². The van der Waals surface area contributed by atoms with Gasteiger partial charge in [0.05, 0.1) is 0 Å². The third-order valence-corrected chi connectivity index (χ3v) is 2.22. The van der Waals surface area contributed by atoms with Gasteiger partial charge in [-0.05, 0) is 31.7 Å². The van der Waals surface area contributed by atoms with Crippen LogP contribution >= 0.6 is 12.4 Å². The first kappa shape index (κ1) is 6.37. The van der Waals surface area contributed by atoms with Crippen LogP contribution in [-0.4, -0.2) is 12.6 Å². The van der Waals surface area contributed by atoms with E-state index in [0.29, 0.717) is 0 Å². The van der Waals surface area contributed by atoms with Crippen LogP contribution in [0.3, 0.4) is 0 Å². The molecule has 1 N–H and O–H groups in total. The first-order valence-electron chi connectivity index (χ1n) is 3.18.